The number of hydrogen-bond acceptors (Lipinski definition) is 1. The molecule has 3 heteroatoms. The molecule has 1 aliphatic heterocycles. The van der Waals surface area contributed by atoms with Gasteiger partial charge < -0.3 is 3.79 Å². The van der Waals surface area contributed by atoms with Crippen LogP contribution in [0, 0.1) is 0 Å². The fourth-order valence-electron chi connectivity index (χ4n) is 4.10. The third-order valence-corrected chi connectivity index (χ3v) is 17.2. The zero-order valence-corrected chi connectivity index (χ0v) is 18.3. The van der Waals surface area contributed by atoms with Crippen LogP contribution in [0.25, 0.3) is 0 Å². The lowest BCUT2D eigenvalue weighted by Crippen LogP contribution is -2.52. The van der Waals surface area contributed by atoms with E-state index in [1.54, 1.807) is 10.6 Å². The van der Waals surface area contributed by atoms with E-state index in [9.17, 15) is 0 Å². The molecule has 1 heterocycles. The summed E-state index contributed by atoms with van der Waals surface area (Å²) in [5.41, 5.74) is 0.326. The summed E-state index contributed by atoms with van der Waals surface area (Å²) in [6.07, 6.45) is 15.2. The molecule has 0 atom stereocenters. The van der Waals surface area contributed by atoms with Crippen molar-refractivity contribution in [2.24, 2.45) is 0 Å². The molecule has 0 aromatic rings. The summed E-state index contributed by atoms with van der Waals surface area (Å²) >= 11 is -1.39. The lowest BCUT2D eigenvalue weighted by Gasteiger charge is -2.44. The molecule has 0 aromatic heterocycles. The second-order valence-corrected chi connectivity index (χ2v) is 17.3. The molecule has 0 saturated carbocycles. The van der Waals surface area contributed by atoms with Gasteiger partial charge in [0.05, 0.1) is 0 Å². The van der Waals surface area contributed by atoms with Crippen molar-refractivity contribution in [3.05, 3.63) is 0 Å². The molecule has 1 rings (SSSR count). The van der Waals surface area contributed by atoms with Gasteiger partial charge in [-0.05, 0) is 19.3 Å². The minimum atomic E-state index is -0.862. The van der Waals surface area contributed by atoms with Gasteiger partial charge in [0.25, 0.3) is 0 Å². The zero-order chi connectivity index (χ0) is 16.3. The van der Waals surface area contributed by atoms with Gasteiger partial charge in [-0.1, -0.05) is 89.6 Å². The Balaban J connectivity index is 2.69. The van der Waals surface area contributed by atoms with Gasteiger partial charge in [-0.3, -0.25) is 0 Å². The van der Waals surface area contributed by atoms with Gasteiger partial charge in [-0.25, -0.2) is 0 Å². The predicted molar refractivity (Wildman–Crippen MR) is 103 cm³/mol. The normalized spacial score (nSPS) is 18.0. The van der Waals surface area contributed by atoms with E-state index >= 15 is 0 Å². The average Bonchev–Trinajstić information content (AvgIpc) is 2.55. The SMILES string of the molecule is CCC[CH2][Al]1[CH2]CC(CCCC)(CCCC)[O][Al]1[CH2]CCC. The van der Waals surface area contributed by atoms with Crippen LogP contribution in [0.4, 0.5) is 0 Å². The van der Waals surface area contributed by atoms with E-state index in [1.165, 1.54) is 75.9 Å². The molecule has 0 radical (unpaired) electrons. The van der Waals surface area contributed by atoms with Crippen molar-refractivity contribution in [3.63, 3.8) is 0 Å². The fraction of sp³-hybridized carbons (Fsp3) is 1.00. The predicted octanol–water partition coefficient (Wildman–Crippen LogP) is 6.69. The summed E-state index contributed by atoms with van der Waals surface area (Å²) in [5, 5.41) is 4.71. The Morgan fingerprint density at radius 2 is 1.32 bits per heavy atom. The Morgan fingerprint density at radius 1 is 0.773 bits per heavy atom. The molecule has 0 spiro atoms. The molecule has 1 fully saturated rings. The molecule has 0 bridgehead atoms. The van der Waals surface area contributed by atoms with E-state index < -0.39 is 24.8 Å². The van der Waals surface area contributed by atoms with Crippen LogP contribution in [0.5, 0.6) is 0 Å². The molecule has 1 nitrogen and oxygen atoms in total. The molecule has 0 amide bonds. The maximum Gasteiger partial charge on any atom is 0.378 e. The fourth-order valence-corrected chi connectivity index (χ4v) is 16.6. The van der Waals surface area contributed by atoms with Crippen LogP contribution in [-0.2, 0) is 3.79 Å². The van der Waals surface area contributed by atoms with Gasteiger partial charge in [0.2, 0.25) is 12.2 Å². The molecule has 0 aliphatic carbocycles. The van der Waals surface area contributed by atoms with Crippen LogP contribution in [0.3, 0.4) is 0 Å². The van der Waals surface area contributed by atoms with Crippen LogP contribution < -0.4 is 0 Å². The largest absolute Gasteiger partial charge is 0.505 e. The topological polar surface area (TPSA) is 9.23 Å². The average molecular weight is 338 g/mol. The Bertz CT molecular complexity index is 262. The molecular formula is C19H40Al2O. The maximum absolute atomic E-state index is 7.09. The van der Waals surface area contributed by atoms with Crippen LogP contribution in [0.2, 0.25) is 15.8 Å². The second-order valence-electron chi connectivity index (χ2n) is 7.63. The summed E-state index contributed by atoms with van der Waals surface area (Å²) in [5.74, 6) is 0. The van der Waals surface area contributed by atoms with Gasteiger partial charge >= 0.3 is 12.6 Å². The van der Waals surface area contributed by atoms with Crippen molar-refractivity contribution in [3.8, 4) is 0 Å². The van der Waals surface area contributed by atoms with Crippen LogP contribution >= 0.6 is 0 Å². The molecule has 1 aliphatic rings. The van der Waals surface area contributed by atoms with Gasteiger partial charge in [-0.15, -0.1) is 5.28 Å². The molecule has 22 heavy (non-hydrogen) atoms. The quantitative estimate of drug-likeness (QED) is 0.360. The first-order chi connectivity index (χ1) is 10.7. The lowest BCUT2D eigenvalue weighted by molar-refractivity contribution is 0.0366. The van der Waals surface area contributed by atoms with Crippen molar-refractivity contribution in [1.29, 1.82) is 0 Å². The Morgan fingerprint density at radius 3 is 1.86 bits per heavy atom. The van der Waals surface area contributed by atoms with Gasteiger partial charge in [0.15, 0.2) is 0 Å². The van der Waals surface area contributed by atoms with E-state index in [0.717, 1.165) is 0 Å². The number of rotatable bonds is 12. The lowest BCUT2D eigenvalue weighted by atomic mass is 9.88. The second kappa shape index (κ2) is 12.4. The maximum atomic E-state index is 7.09. The molecule has 0 unspecified atom stereocenters. The van der Waals surface area contributed by atoms with E-state index in [4.69, 9.17) is 3.79 Å². The summed E-state index contributed by atoms with van der Waals surface area (Å²) in [6.45, 7) is 9.37. The summed E-state index contributed by atoms with van der Waals surface area (Å²) in [6, 6.07) is 0. The highest BCUT2D eigenvalue weighted by molar-refractivity contribution is 7.19. The van der Waals surface area contributed by atoms with Crippen molar-refractivity contribution < 1.29 is 3.79 Å². The minimum Gasteiger partial charge on any atom is -0.505 e. The molecule has 1 saturated heterocycles. The van der Waals surface area contributed by atoms with E-state index in [-0.39, 0.29) is 0 Å². The molecule has 0 aromatic carbocycles. The zero-order valence-electron chi connectivity index (χ0n) is 16.0. The van der Waals surface area contributed by atoms with Crippen molar-refractivity contribution in [1.82, 2.24) is 0 Å². The first-order valence-corrected chi connectivity index (χ1v) is 16.0. The number of unbranched alkanes of at least 4 members (excludes halogenated alkanes) is 4. The Labute approximate surface area is 148 Å². The molecular weight excluding hydrogens is 298 g/mol. The standard InChI is InChI=1S/C11H22O.2C4H9.2Al/c1-4-7-9-11(12,6-3)10-8-5-2;2*1-3-4-2;;/h3-10H2,1-2H3;2*1,3-4H2,2H3;;/q-1;;;;+1. The van der Waals surface area contributed by atoms with Crippen LogP contribution in [0.15, 0.2) is 0 Å². The first kappa shape index (κ1) is 21.1. The smallest absolute Gasteiger partial charge is 0.378 e. The highest BCUT2D eigenvalue weighted by atomic mass is 28.1. The minimum absolute atomic E-state index is 0.326. The molecule has 128 valence electrons. The highest BCUT2D eigenvalue weighted by Crippen LogP contribution is 2.38. The van der Waals surface area contributed by atoms with E-state index in [2.05, 4.69) is 27.7 Å². The van der Waals surface area contributed by atoms with Crippen LogP contribution in [0.1, 0.15) is 98.3 Å². The Hall–Kier alpha value is 1.02. The molecule has 0 N–H and O–H groups in total. The van der Waals surface area contributed by atoms with Gasteiger partial charge in [-0.2, -0.15) is 0 Å². The van der Waals surface area contributed by atoms with Crippen molar-refractivity contribution >= 4 is 24.8 Å². The monoisotopic (exact) mass is 338 g/mol. The van der Waals surface area contributed by atoms with E-state index in [0.29, 0.717) is 5.60 Å². The van der Waals surface area contributed by atoms with Crippen LogP contribution in [-0.4, -0.2) is 30.4 Å². The summed E-state index contributed by atoms with van der Waals surface area (Å²) in [7, 11) is 0. The summed E-state index contributed by atoms with van der Waals surface area (Å²) in [4.78, 5) is 0. The number of hydrogen-bond donors (Lipinski definition) is 0. The Kier molecular flexibility index (Phi) is 11.9. The van der Waals surface area contributed by atoms with Crippen molar-refractivity contribution in [2.75, 3.05) is 0 Å². The van der Waals surface area contributed by atoms with Gasteiger partial charge in [0, 0.05) is 5.60 Å². The van der Waals surface area contributed by atoms with Crippen molar-refractivity contribution in [2.45, 2.75) is 120 Å². The first-order valence-electron chi connectivity index (χ1n) is 10.4. The van der Waals surface area contributed by atoms with Gasteiger partial charge in [0.1, 0.15) is 0 Å². The summed E-state index contributed by atoms with van der Waals surface area (Å²) < 4.78 is 7.09. The highest BCUT2D eigenvalue weighted by Gasteiger charge is 2.45. The third-order valence-electron chi connectivity index (χ3n) is 5.64. The van der Waals surface area contributed by atoms with E-state index in [1.807, 2.05) is 0 Å². The third kappa shape index (κ3) is 7.28.